The van der Waals surface area contributed by atoms with Gasteiger partial charge in [0.1, 0.15) is 0 Å². The second-order valence-corrected chi connectivity index (χ2v) is 14.7. The van der Waals surface area contributed by atoms with Crippen molar-refractivity contribution in [1.29, 1.82) is 0 Å². The van der Waals surface area contributed by atoms with Gasteiger partial charge in [-0.1, -0.05) is 46.3 Å². The van der Waals surface area contributed by atoms with Gasteiger partial charge in [0.05, 0.1) is 23.9 Å². The van der Waals surface area contributed by atoms with E-state index in [1.165, 1.54) is 5.57 Å². The molecular weight excluding hydrogens is 424 g/mol. The van der Waals surface area contributed by atoms with Crippen LogP contribution in [0.25, 0.3) is 0 Å². The minimum Gasteiger partial charge on any atom is -0.393 e. The van der Waals surface area contributed by atoms with Crippen LogP contribution in [-0.2, 0) is 0 Å². The molecule has 0 spiro atoms. The van der Waals surface area contributed by atoms with E-state index in [4.69, 9.17) is 0 Å². The lowest BCUT2D eigenvalue weighted by Crippen LogP contribution is -2.69. The average molecular weight is 477 g/mol. The molecule has 0 aromatic carbocycles. The van der Waals surface area contributed by atoms with Gasteiger partial charge >= 0.3 is 0 Å². The molecule has 196 valence electrons. The molecule has 0 bridgehead atoms. The molecule has 4 fully saturated rings. The maximum atomic E-state index is 11.8. The van der Waals surface area contributed by atoms with Crippen LogP contribution in [0.15, 0.2) is 11.6 Å². The van der Waals surface area contributed by atoms with E-state index in [0.717, 1.165) is 51.4 Å². The molecule has 11 atom stereocenters. The van der Waals surface area contributed by atoms with Gasteiger partial charge in [-0.3, -0.25) is 0 Å². The molecule has 4 rings (SSSR count). The summed E-state index contributed by atoms with van der Waals surface area (Å²) in [7, 11) is 0. The minimum atomic E-state index is -0.810. The summed E-state index contributed by atoms with van der Waals surface area (Å²) in [6.45, 7) is 17.5. The SMILES string of the molecule is CC(C)=CCC[C@@](C)(O)[C@H]1CC[C@]2(C)[C@@H]1[C@H](O)C[C@@H]1[C@]3(C)CC[C@@H](O)C(C)(C)[C@H]3[C@@H](O)C[C@]12C. The van der Waals surface area contributed by atoms with Crippen molar-refractivity contribution in [2.45, 2.75) is 131 Å². The standard InChI is InChI=1S/C30H52O4/c1-18(2)10-9-13-30(8,34)19-11-15-28(6)24(19)20(31)16-22-27(5)14-12-23(33)26(3,4)25(27)21(32)17-29(22,28)7/h10,19-25,31-34H,9,11-17H2,1-8H3/t19-,20+,21-,22+,23+,24-,25+,27-,28+,29+,30+/m0/s1. The molecule has 34 heavy (non-hydrogen) atoms. The van der Waals surface area contributed by atoms with Crippen LogP contribution in [0.3, 0.4) is 0 Å². The highest BCUT2D eigenvalue weighted by atomic mass is 16.3. The van der Waals surface area contributed by atoms with Crippen molar-refractivity contribution in [1.82, 2.24) is 0 Å². The Morgan fingerprint density at radius 2 is 1.59 bits per heavy atom. The molecule has 0 aliphatic heterocycles. The van der Waals surface area contributed by atoms with Crippen LogP contribution in [0.4, 0.5) is 0 Å². The van der Waals surface area contributed by atoms with Gasteiger partial charge in [-0.15, -0.1) is 0 Å². The van der Waals surface area contributed by atoms with E-state index >= 15 is 0 Å². The quantitative estimate of drug-likeness (QED) is 0.406. The van der Waals surface area contributed by atoms with Gasteiger partial charge < -0.3 is 20.4 Å². The number of aliphatic hydroxyl groups is 4. The summed E-state index contributed by atoms with van der Waals surface area (Å²) in [6, 6.07) is 0. The zero-order valence-corrected chi connectivity index (χ0v) is 23.1. The molecule has 4 saturated carbocycles. The monoisotopic (exact) mass is 476 g/mol. The summed E-state index contributed by atoms with van der Waals surface area (Å²) in [5.74, 6) is 0.442. The molecule has 0 aromatic heterocycles. The number of fused-ring (bicyclic) bond motifs is 5. The molecule has 4 aliphatic carbocycles. The van der Waals surface area contributed by atoms with Gasteiger partial charge in [0.2, 0.25) is 0 Å². The summed E-state index contributed by atoms with van der Waals surface area (Å²) in [4.78, 5) is 0. The number of rotatable bonds is 4. The Kier molecular flexibility index (Phi) is 6.50. The van der Waals surface area contributed by atoms with E-state index in [9.17, 15) is 20.4 Å². The van der Waals surface area contributed by atoms with Gasteiger partial charge in [-0.2, -0.15) is 0 Å². The number of hydrogen-bond donors (Lipinski definition) is 4. The van der Waals surface area contributed by atoms with Gasteiger partial charge in [0.25, 0.3) is 0 Å². The first-order valence-electron chi connectivity index (χ1n) is 13.9. The second-order valence-electron chi connectivity index (χ2n) is 14.7. The van der Waals surface area contributed by atoms with Crippen molar-refractivity contribution in [3.05, 3.63) is 11.6 Å². The fourth-order valence-corrected chi connectivity index (χ4v) is 10.5. The Morgan fingerprint density at radius 1 is 0.941 bits per heavy atom. The van der Waals surface area contributed by atoms with Gasteiger partial charge in [0, 0.05) is 0 Å². The number of hydrogen-bond acceptors (Lipinski definition) is 4. The molecule has 0 saturated heterocycles. The highest BCUT2D eigenvalue weighted by molar-refractivity contribution is 5.21. The lowest BCUT2D eigenvalue weighted by atomic mass is 9.34. The minimum absolute atomic E-state index is 0.0264. The Morgan fingerprint density at radius 3 is 2.21 bits per heavy atom. The zero-order chi connectivity index (χ0) is 25.5. The van der Waals surface area contributed by atoms with Crippen LogP contribution < -0.4 is 0 Å². The van der Waals surface area contributed by atoms with E-state index in [1.807, 2.05) is 6.92 Å². The number of allylic oxidation sites excluding steroid dienone is 2. The molecule has 4 aliphatic rings. The molecule has 0 amide bonds. The molecule has 0 radical (unpaired) electrons. The van der Waals surface area contributed by atoms with Crippen molar-refractivity contribution in [2.24, 2.45) is 45.3 Å². The lowest BCUT2D eigenvalue weighted by Gasteiger charge is -2.71. The molecule has 4 N–H and O–H groups in total. The zero-order valence-electron chi connectivity index (χ0n) is 23.1. The lowest BCUT2D eigenvalue weighted by molar-refractivity contribution is -0.274. The topological polar surface area (TPSA) is 80.9 Å². The predicted octanol–water partition coefficient (Wildman–Crippen LogP) is 5.47. The van der Waals surface area contributed by atoms with Crippen LogP contribution >= 0.6 is 0 Å². The summed E-state index contributed by atoms with van der Waals surface area (Å²) >= 11 is 0. The van der Waals surface area contributed by atoms with Crippen molar-refractivity contribution in [2.75, 3.05) is 0 Å². The van der Waals surface area contributed by atoms with Crippen LogP contribution in [-0.4, -0.2) is 44.3 Å². The third-order valence-electron chi connectivity index (χ3n) is 12.3. The predicted molar refractivity (Wildman–Crippen MR) is 137 cm³/mol. The summed E-state index contributed by atoms with van der Waals surface area (Å²) < 4.78 is 0. The van der Waals surface area contributed by atoms with Gasteiger partial charge in [-0.05, 0) is 117 Å². The summed E-state index contributed by atoms with van der Waals surface area (Å²) in [6.07, 6.45) is 7.54. The highest BCUT2D eigenvalue weighted by Gasteiger charge is 2.72. The number of aliphatic hydroxyl groups excluding tert-OH is 3. The maximum Gasteiger partial charge on any atom is 0.0654 e. The first-order chi connectivity index (χ1) is 15.5. The highest BCUT2D eigenvalue weighted by Crippen LogP contribution is 2.75. The normalized spacial score (nSPS) is 51.6. The largest absolute Gasteiger partial charge is 0.393 e. The molecule has 0 unspecified atom stereocenters. The Labute approximate surface area is 208 Å². The van der Waals surface area contributed by atoms with Crippen molar-refractivity contribution < 1.29 is 20.4 Å². The second kappa shape index (κ2) is 8.30. The van der Waals surface area contributed by atoms with Crippen molar-refractivity contribution >= 4 is 0 Å². The van der Waals surface area contributed by atoms with Crippen LogP contribution in [0.2, 0.25) is 0 Å². The first-order valence-corrected chi connectivity index (χ1v) is 13.9. The Hall–Kier alpha value is -0.420. The van der Waals surface area contributed by atoms with Crippen LogP contribution in [0.1, 0.15) is 107 Å². The summed E-state index contributed by atoms with van der Waals surface area (Å²) in [5, 5.41) is 46.0. The molecule has 4 heteroatoms. The third-order valence-corrected chi connectivity index (χ3v) is 12.3. The maximum absolute atomic E-state index is 11.8. The van der Waals surface area contributed by atoms with E-state index in [0.29, 0.717) is 5.92 Å². The fraction of sp³-hybridized carbons (Fsp3) is 0.933. The van der Waals surface area contributed by atoms with Crippen LogP contribution in [0, 0.1) is 45.3 Å². The van der Waals surface area contributed by atoms with Crippen molar-refractivity contribution in [3.63, 3.8) is 0 Å². The van der Waals surface area contributed by atoms with E-state index < -0.39 is 23.9 Å². The molecule has 4 nitrogen and oxygen atoms in total. The fourth-order valence-electron chi connectivity index (χ4n) is 10.5. The Bertz CT molecular complexity index is 813. The summed E-state index contributed by atoms with van der Waals surface area (Å²) in [5.41, 5.74) is -0.230. The van der Waals surface area contributed by atoms with E-state index in [-0.39, 0.29) is 39.4 Å². The van der Waals surface area contributed by atoms with Crippen molar-refractivity contribution in [3.8, 4) is 0 Å². The van der Waals surface area contributed by atoms with Crippen LogP contribution in [0.5, 0.6) is 0 Å². The van der Waals surface area contributed by atoms with E-state index in [1.54, 1.807) is 0 Å². The first kappa shape index (κ1) is 26.6. The smallest absolute Gasteiger partial charge is 0.0654 e. The van der Waals surface area contributed by atoms with Gasteiger partial charge in [0.15, 0.2) is 0 Å². The molecule has 0 heterocycles. The Balaban J connectivity index is 1.70. The molecular formula is C30H52O4. The van der Waals surface area contributed by atoms with E-state index in [2.05, 4.69) is 54.5 Å². The third kappa shape index (κ3) is 3.60. The molecule has 0 aromatic rings. The average Bonchev–Trinajstić information content (AvgIpc) is 3.07. The van der Waals surface area contributed by atoms with Gasteiger partial charge in [-0.25, -0.2) is 0 Å².